The zero-order chi connectivity index (χ0) is 96.9. The third kappa shape index (κ3) is 16.5. The highest BCUT2D eigenvalue weighted by molar-refractivity contribution is 6.12. The molecule has 0 saturated heterocycles. The maximum absolute atomic E-state index is 15.0. The molecule has 16 aromatic rings. The van der Waals surface area contributed by atoms with Crippen molar-refractivity contribution < 1.29 is 79.8 Å². The van der Waals surface area contributed by atoms with Gasteiger partial charge in [0.25, 0.3) is 0 Å². The van der Waals surface area contributed by atoms with Gasteiger partial charge in [-0.3, -0.25) is 0 Å². The number of hydrogen-bond donors (Lipinski definition) is 0. The normalized spacial score (nSPS) is 20.0. The first-order valence-corrected chi connectivity index (χ1v) is 49.0. The summed E-state index contributed by atoms with van der Waals surface area (Å²) in [4.78, 5) is 18.4. The van der Waals surface area contributed by atoms with E-state index in [0.29, 0.717) is 56.2 Å². The van der Waals surface area contributed by atoms with Gasteiger partial charge >= 0.3 is 29.6 Å². The molecule has 0 bridgehead atoms. The smallest absolute Gasteiger partial charge is 0.384 e. The van der Waals surface area contributed by atoms with E-state index in [4.69, 9.17) is 17.7 Å². The maximum Gasteiger partial charge on any atom is 0.384 e. The third-order valence-electron chi connectivity index (χ3n) is 32.5. The summed E-state index contributed by atoms with van der Waals surface area (Å²) in [6.45, 7) is 25.9. The van der Waals surface area contributed by atoms with Crippen LogP contribution in [-0.2, 0) is 34.6 Å². The van der Waals surface area contributed by atoms with Crippen LogP contribution in [0.5, 0.6) is 0 Å². The number of fused-ring (bicyclic) bond motifs is 12. The summed E-state index contributed by atoms with van der Waals surface area (Å²) in [5.74, 6) is -31.2. The van der Waals surface area contributed by atoms with Crippen molar-refractivity contribution in [2.24, 2.45) is 55.8 Å². The predicted octanol–water partition coefficient (Wildman–Crippen LogP) is 30.2. The largest absolute Gasteiger partial charge is 0.437 e. The Balaban J connectivity index is 0.000000118. The van der Waals surface area contributed by atoms with Crippen LogP contribution >= 0.6 is 0 Å². The Morgan fingerprint density at radius 2 is 0.562 bits per heavy atom. The Morgan fingerprint density at radius 3 is 0.883 bits per heavy atom. The van der Waals surface area contributed by atoms with Gasteiger partial charge < -0.3 is 17.7 Å². The molecule has 0 N–H and O–H groups in total. The van der Waals surface area contributed by atoms with Gasteiger partial charge in [0.05, 0.1) is 22.3 Å². The quantitative estimate of drug-likeness (QED) is 0.104. The molecule has 0 aliphatic heterocycles. The minimum Gasteiger partial charge on any atom is -0.437 e. The van der Waals surface area contributed by atoms with Gasteiger partial charge in [-0.05, 0) is 310 Å². The number of hydrogen-bond acceptors (Lipinski definition) is 8. The van der Waals surface area contributed by atoms with Crippen LogP contribution in [0.3, 0.4) is 0 Å². The molecule has 12 aromatic heterocycles. The van der Waals surface area contributed by atoms with Crippen LogP contribution in [0.2, 0.25) is 0 Å². The lowest BCUT2D eigenvalue weighted by Crippen LogP contribution is -2.82. The van der Waals surface area contributed by atoms with Crippen LogP contribution in [0.15, 0.2) is 188 Å². The zero-order valence-electron chi connectivity index (χ0n) is 81.5. The lowest BCUT2D eigenvalue weighted by atomic mass is 9.55. The van der Waals surface area contributed by atoms with E-state index in [2.05, 4.69) is 231 Å². The van der Waals surface area contributed by atoms with Gasteiger partial charge in [-0.2, -0.15) is 43.9 Å². The van der Waals surface area contributed by atoms with E-state index in [1.807, 2.05) is 58.9 Å². The molecule has 714 valence electrons. The number of benzene rings is 4. The lowest BCUT2D eigenvalue weighted by Gasteiger charge is -2.58. The number of nitrogens with zero attached hydrogens (tertiary/aromatic N) is 8. The maximum atomic E-state index is 15.0. The molecular weight excluding hydrogens is 1750 g/mol. The van der Waals surface area contributed by atoms with Crippen molar-refractivity contribution in [2.75, 3.05) is 0 Å². The number of halogens is 10. The molecule has 6 aliphatic carbocycles. The molecule has 137 heavy (non-hydrogen) atoms. The van der Waals surface area contributed by atoms with Crippen LogP contribution in [0.1, 0.15) is 248 Å². The predicted molar refractivity (Wildman–Crippen MR) is 520 cm³/mol. The van der Waals surface area contributed by atoms with E-state index in [1.165, 1.54) is 183 Å². The molecule has 6 saturated carbocycles. The highest BCUT2D eigenvalue weighted by Gasteiger charge is 2.99. The van der Waals surface area contributed by atoms with Crippen molar-refractivity contribution in [3.8, 4) is 45.0 Å². The molecule has 4 aromatic carbocycles. The average Bonchev–Trinajstić information content (AvgIpc) is 1.12. The van der Waals surface area contributed by atoms with E-state index < -0.39 is 66.6 Å². The zero-order valence-corrected chi connectivity index (χ0v) is 81.5. The molecule has 22 heteroatoms. The number of pyridine rings is 8. The standard InChI is InChI=1S/C30H25F10N2O.C30H35N2O.C28H33N2O.C27H31N2O/c1-15-4-6-19-20-7-5-16(2)41-24(20)43-23(19)22(15)21-14-18(10-13-42(21)3)17-8-11-25(12-9-17)26(31,32)28(35,36)30(39,40)29(37,38)27(25,33)34;1-20-7-9-24-25-10-8-21(2)31-29(25)33-28(24)27(20)26-19-23(13-18-32(26)3)22-11-16-30(17-12-22)14-5-4-6-15-30;1-18-6-8-22-23-9-7-19(2)29-27(23)31-26(22)25(18)24-17-21(12-15-30(24)5)16-20-10-13-28(3,4)14-11-20;1-17-6-8-21-22-9-7-18(2)28-26(22)30-25(21)24(17)23-16-20(12-15-29(23)5)19-10-13-27(3,4)14-11-19/h4-7,10,13-14,17H,8-9,11-12H2,1-3H3;7-10,13,18-19,22H,4-6,11-12,14-17H2,1-3H3;6-9,12,15,17,20H,10-11,13-14,16H2,1-5H3;6-9,12,15-16,19H,10-11,13-14H2,1-5H3/q4*+1. The second-order valence-corrected chi connectivity index (χ2v) is 42.9. The van der Waals surface area contributed by atoms with Crippen LogP contribution in [0.4, 0.5) is 43.9 Å². The van der Waals surface area contributed by atoms with Crippen molar-refractivity contribution >= 4 is 88.3 Å². The van der Waals surface area contributed by atoms with Gasteiger partial charge in [0.15, 0.2) is 47.1 Å². The Kier molecular flexibility index (Phi) is 24.3. The second-order valence-electron chi connectivity index (χ2n) is 42.9. The molecule has 0 unspecified atom stereocenters. The van der Waals surface area contributed by atoms with Gasteiger partial charge in [0.1, 0.15) is 33.6 Å². The van der Waals surface area contributed by atoms with Gasteiger partial charge in [-0.15, -0.1) is 0 Å². The van der Waals surface area contributed by atoms with E-state index >= 15 is 0 Å². The van der Waals surface area contributed by atoms with Gasteiger partial charge in [0, 0.05) is 114 Å². The Hall–Kier alpha value is -11.4. The first kappa shape index (κ1) is 94.5. The molecule has 6 fully saturated rings. The molecule has 12 heterocycles. The van der Waals surface area contributed by atoms with Crippen molar-refractivity contribution in [1.29, 1.82) is 0 Å². The first-order valence-electron chi connectivity index (χ1n) is 49.0. The number of alkyl halides is 10. The fraction of sp³-hybridized carbons (Fsp3) is 0.443. The SMILES string of the molecule is Cc1ccc2c(n1)oc1c(-c3cc(C4CCC(C)(C)CC4)cc[n+]3C)c(C)ccc12.Cc1ccc2c(n1)oc1c(-c3cc(C4CCC5(CC4)C(F)(F)C(F)(F)C(F)(F)C(F)(F)C5(F)F)cc[n+]3C)c(C)ccc12.Cc1ccc2c(n1)oc1c(-c3cc(C4CCC5(CCCCC5)CC4)cc[n+]3C)c(C)ccc12.Cc1ccc2c(n1)oc1c(-c3cc(CC4CCC(C)(C)CC4)cc[n+]3C)c(C)ccc12. The van der Waals surface area contributed by atoms with E-state index in [1.54, 1.807) is 29.9 Å². The average molecular weight is 1870 g/mol. The minimum atomic E-state index is -6.96. The van der Waals surface area contributed by atoms with Gasteiger partial charge in [0.2, 0.25) is 45.6 Å². The molecule has 0 amide bonds. The summed E-state index contributed by atoms with van der Waals surface area (Å²) in [5.41, 5.74) is 24.8. The number of aromatic nitrogens is 8. The van der Waals surface area contributed by atoms with E-state index in [-0.39, 0.29) is 0 Å². The van der Waals surface area contributed by atoms with E-state index in [0.717, 1.165) is 111 Å². The van der Waals surface area contributed by atoms with Crippen LogP contribution in [0.25, 0.3) is 133 Å². The Labute approximate surface area is 793 Å². The number of furan rings is 4. The summed E-state index contributed by atoms with van der Waals surface area (Å²) in [6, 6.07) is 50.6. The summed E-state index contributed by atoms with van der Waals surface area (Å²) < 4.78 is 178. The summed E-state index contributed by atoms with van der Waals surface area (Å²) >= 11 is 0. The number of rotatable bonds is 9. The highest BCUT2D eigenvalue weighted by Crippen LogP contribution is 2.75. The lowest BCUT2D eigenvalue weighted by molar-refractivity contribution is -0.660. The molecule has 0 radical (unpaired) electrons. The van der Waals surface area contributed by atoms with Crippen molar-refractivity contribution in [1.82, 2.24) is 19.9 Å². The van der Waals surface area contributed by atoms with Crippen LogP contribution in [0, 0.1) is 83.0 Å². The Bertz CT molecular complexity index is 7350. The fourth-order valence-corrected chi connectivity index (χ4v) is 23.7. The molecule has 22 rings (SSSR count). The van der Waals surface area contributed by atoms with E-state index in [9.17, 15) is 43.9 Å². The van der Waals surface area contributed by atoms with Crippen molar-refractivity contribution in [3.63, 3.8) is 0 Å². The monoisotopic (exact) mass is 1870 g/mol. The minimum absolute atomic E-state index is 0.409. The van der Waals surface area contributed by atoms with Crippen molar-refractivity contribution in [2.45, 2.75) is 272 Å². The molecular formula is C115H124F10N8O4+4. The first-order chi connectivity index (χ1) is 65.0. The summed E-state index contributed by atoms with van der Waals surface area (Å²) in [6.07, 6.45) is 28.5. The van der Waals surface area contributed by atoms with Gasteiger partial charge in [-0.25, -0.2) is 38.2 Å². The topological polar surface area (TPSA) is 120 Å². The molecule has 0 atom stereocenters. The molecule has 6 aliphatic rings. The second kappa shape index (κ2) is 35.2. The highest BCUT2D eigenvalue weighted by atomic mass is 19.4. The van der Waals surface area contributed by atoms with Gasteiger partial charge in [-0.1, -0.05) is 95.5 Å². The molecule has 12 nitrogen and oxygen atoms in total. The molecule has 2 spiro atoms. The Morgan fingerprint density at radius 1 is 0.292 bits per heavy atom. The summed E-state index contributed by atoms with van der Waals surface area (Å²) in [7, 11) is 8.14. The van der Waals surface area contributed by atoms with Crippen molar-refractivity contribution in [3.05, 3.63) is 238 Å². The third-order valence-corrected chi connectivity index (χ3v) is 32.5. The van der Waals surface area contributed by atoms with Crippen LogP contribution in [-0.4, -0.2) is 49.5 Å². The fourth-order valence-electron chi connectivity index (χ4n) is 23.7. The number of aryl methyl sites for hydroxylation is 12. The van der Waals surface area contributed by atoms with Crippen LogP contribution < -0.4 is 18.3 Å². The summed E-state index contributed by atoms with van der Waals surface area (Å²) in [5, 5.41) is 8.25.